The Morgan fingerprint density at radius 2 is 1.79 bits per heavy atom. The molecule has 0 aromatic carbocycles. The molecule has 2 aliphatic rings. The predicted molar refractivity (Wildman–Crippen MR) is 56.9 cm³/mol. The van der Waals surface area contributed by atoms with Crippen molar-refractivity contribution in [3.8, 4) is 0 Å². The van der Waals surface area contributed by atoms with E-state index in [1.54, 1.807) is 6.92 Å². The molecule has 0 radical (unpaired) electrons. The van der Waals surface area contributed by atoms with Gasteiger partial charge in [0, 0.05) is 13.0 Å². The lowest BCUT2D eigenvalue weighted by Crippen LogP contribution is -2.40. The minimum absolute atomic E-state index is 0.143. The van der Waals surface area contributed by atoms with Crippen LogP contribution in [0.4, 0.5) is 0 Å². The number of hydrogen-bond donors (Lipinski definition) is 1. The summed E-state index contributed by atoms with van der Waals surface area (Å²) in [5.74, 6) is 2.03. The molecule has 2 fully saturated rings. The van der Waals surface area contributed by atoms with E-state index in [0.717, 1.165) is 11.8 Å². The number of carbonyl (C=O) groups is 1. The van der Waals surface area contributed by atoms with Crippen molar-refractivity contribution in [1.82, 2.24) is 5.32 Å². The van der Waals surface area contributed by atoms with Gasteiger partial charge in [-0.15, -0.1) is 0 Å². The Morgan fingerprint density at radius 1 is 1.07 bits per heavy atom. The maximum atomic E-state index is 11.0. The highest BCUT2D eigenvalue weighted by molar-refractivity contribution is 5.73. The van der Waals surface area contributed by atoms with E-state index in [1.807, 2.05) is 0 Å². The average Bonchev–Trinajstić information content (AvgIpc) is 2.17. The number of nitrogens with one attached hydrogen (secondary N) is 1. The first-order valence-corrected chi connectivity index (χ1v) is 6.03. The predicted octanol–water partition coefficient (Wildman–Crippen LogP) is 2.48. The van der Waals surface area contributed by atoms with Gasteiger partial charge in [-0.1, -0.05) is 25.7 Å². The second kappa shape index (κ2) is 4.33. The fourth-order valence-corrected chi connectivity index (χ4v) is 3.29. The van der Waals surface area contributed by atoms with Crippen LogP contribution >= 0.6 is 0 Å². The van der Waals surface area contributed by atoms with Crippen molar-refractivity contribution in [2.75, 3.05) is 0 Å². The number of fused-ring (bicyclic) bond motifs is 1. The molecule has 0 bridgehead atoms. The number of rotatable bonds is 1. The van der Waals surface area contributed by atoms with E-state index < -0.39 is 0 Å². The van der Waals surface area contributed by atoms with Crippen LogP contribution in [0.1, 0.15) is 51.9 Å². The maximum absolute atomic E-state index is 11.0. The van der Waals surface area contributed by atoms with Crippen molar-refractivity contribution in [2.45, 2.75) is 57.9 Å². The van der Waals surface area contributed by atoms with Gasteiger partial charge in [0.05, 0.1) is 0 Å². The summed E-state index contributed by atoms with van der Waals surface area (Å²) in [5.41, 5.74) is 0. The molecule has 2 saturated carbocycles. The summed E-state index contributed by atoms with van der Waals surface area (Å²) in [5, 5.41) is 3.08. The van der Waals surface area contributed by atoms with Gasteiger partial charge in [-0.3, -0.25) is 4.79 Å². The normalized spacial score (nSPS) is 37.4. The SMILES string of the molecule is CC(=O)N[C@@H]1CC[C@@H]2CCCC[C@@H]2C1. The summed E-state index contributed by atoms with van der Waals surface area (Å²) < 4.78 is 0. The summed E-state index contributed by atoms with van der Waals surface area (Å²) in [6.07, 6.45) is 9.48. The van der Waals surface area contributed by atoms with Gasteiger partial charge in [0.15, 0.2) is 0 Å². The third kappa shape index (κ3) is 2.28. The molecule has 0 unspecified atom stereocenters. The van der Waals surface area contributed by atoms with Crippen molar-refractivity contribution in [3.05, 3.63) is 0 Å². The maximum Gasteiger partial charge on any atom is 0.217 e. The van der Waals surface area contributed by atoms with Crippen molar-refractivity contribution in [2.24, 2.45) is 11.8 Å². The molecular formula is C12H21NO. The molecule has 2 nitrogen and oxygen atoms in total. The number of carbonyl (C=O) groups excluding carboxylic acids is 1. The van der Waals surface area contributed by atoms with E-state index in [9.17, 15) is 4.79 Å². The molecule has 0 spiro atoms. The smallest absolute Gasteiger partial charge is 0.217 e. The second-order valence-corrected chi connectivity index (χ2v) is 5.02. The van der Waals surface area contributed by atoms with Crippen molar-refractivity contribution >= 4 is 5.91 Å². The van der Waals surface area contributed by atoms with Crippen LogP contribution in [0.5, 0.6) is 0 Å². The van der Waals surface area contributed by atoms with Crippen LogP contribution in [0.2, 0.25) is 0 Å². The molecule has 0 aromatic heterocycles. The molecular weight excluding hydrogens is 174 g/mol. The Kier molecular flexibility index (Phi) is 3.09. The van der Waals surface area contributed by atoms with Crippen molar-refractivity contribution in [1.29, 1.82) is 0 Å². The summed E-state index contributed by atoms with van der Waals surface area (Å²) in [6, 6.07) is 0.479. The van der Waals surface area contributed by atoms with Gasteiger partial charge in [-0.25, -0.2) is 0 Å². The van der Waals surface area contributed by atoms with Crippen LogP contribution in [-0.4, -0.2) is 11.9 Å². The molecule has 1 amide bonds. The van der Waals surface area contributed by atoms with E-state index in [4.69, 9.17) is 0 Å². The van der Waals surface area contributed by atoms with E-state index >= 15 is 0 Å². The zero-order valence-electron chi connectivity index (χ0n) is 9.09. The first-order chi connectivity index (χ1) is 6.75. The van der Waals surface area contributed by atoms with Gasteiger partial charge in [0.2, 0.25) is 5.91 Å². The van der Waals surface area contributed by atoms with Crippen molar-refractivity contribution < 1.29 is 4.79 Å². The van der Waals surface area contributed by atoms with Crippen LogP contribution in [0.3, 0.4) is 0 Å². The van der Waals surface area contributed by atoms with Gasteiger partial charge >= 0.3 is 0 Å². The first kappa shape index (κ1) is 10.0. The van der Waals surface area contributed by atoms with E-state index in [0.29, 0.717) is 6.04 Å². The fraction of sp³-hybridized carbons (Fsp3) is 0.917. The molecule has 2 aliphatic carbocycles. The Labute approximate surface area is 86.5 Å². The molecule has 14 heavy (non-hydrogen) atoms. The zero-order chi connectivity index (χ0) is 9.97. The highest BCUT2D eigenvalue weighted by Gasteiger charge is 2.32. The van der Waals surface area contributed by atoms with Crippen LogP contribution in [0, 0.1) is 11.8 Å². The lowest BCUT2D eigenvalue weighted by atomic mass is 9.69. The van der Waals surface area contributed by atoms with Gasteiger partial charge in [0.25, 0.3) is 0 Å². The van der Waals surface area contributed by atoms with E-state index in [1.165, 1.54) is 44.9 Å². The molecule has 1 N–H and O–H groups in total. The van der Waals surface area contributed by atoms with Crippen molar-refractivity contribution in [3.63, 3.8) is 0 Å². The average molecular weight is 195 g/mol. The molecule has 0 aliphatic heterocycles. The fourth-order valence-electron chi connectivity index (χ4n) is 3.29. The first-order valence-electron chi connectivity index (χ1n) is 6.03. The quantitative estimate of drug-likeness (QED) is 0.684. The second-order valence-electron chi connectivity index (χ2n) is 5.02. The lowest BCUT2D eigenvalue weighted by Gasteiger charge is -2.39. The minimum Gasteiger partial charge on any atom is -0.354 e. The van der Waals surface area contributed by atoms with Gasteiger partial charge in [-0.2, -0.15) is 0 Å². The Morgan fingerprint density at radius 3 is 2.50 bits per heavy atom. The Bertz CT molecular complexity index is 214. The van der Waals surface area contributed by atoms with Crippen LogP contribution in [0.15, 0.2) is 0 Å². The highest BCUT2D eigenvalue weighted by atomic mass is 16.1. The lowest BCUT2D eigenvalue weighted by molar-refractivity contribution is -0.120. The largest absolute Gasteiger partial charge is 0.354 e. The highest BCUT2D eigenvalue weighted by Crippen LogP contribution is 2.40. The molecule has 0 saturated heterocycles. The summed E-state index contributed by atoms with van der Waals surface area (Å²) in [6.45, 7) is 1.63. The van der Waals surface area contributed by atoms with Crippen LogP contribution in [0.25, 0.3) is 0 Å². The number of hydrogen-bond acceptors (Lipinski definition) is 1. The molecule has 3 atom stereocenters. The summed E-state index contributed by atoms with van der Waals surface area (Å²) >= 11 is 0. The number of amides is 1. The third-order valence-electron chi connectivity index (χ3n) is 3.95. The summed E-state index contributed by atoms with van der Waals surface area (Å²) in [4.78, 5) is 11.0. The van der Waals surface area contributed by atoms with E-state index in [2.05, 4.69) is 5.32 Å². The van der Waals surface area contributed by atoms with Gasteiger partial charge in [-0.05, 0) is 31.1 Å². The Balaban J connectivity index is 1.86. The zero-order valence-corrected chi connectivity index (χ0v) is 9.09. The minimum atomic E-state index is 0.143. The van der Waals surface area contributed by atoms with Crippen LogP contribution < -0.4 is 5.32 Å². The molecule has 80 valence electrons. The molecule has 2 rings (SSSR count). The van der Waals surface area contributed by atoms with E-state index in [-0.39, 0.29) is 5.91 Å². The molecule has 0 aromatic rings. The molecule has 0 heterocycles. The summed E-state index contributed by atoms with van der Waals surface area (Å²) in [7, 11) is 0. The monoisotopic (exact) mass is 195 g/mol. The van der Waals surface area contributed by atoms with Crippen LogP contribution in [-0.2, 0) is 4.79 Å². The standard InChI is InChI=1S/C12H21NO/c1-9(14)13-12-7-6-10-4-2-3-5-11(10)8-12/h10-12H,2-8H2,1H3,(H,13,14)/t10-,11+,12+/m0/s1. The topological polar surface area (TPSA) is 29.1 Å². The molecule has 2 heteroatoms. The third-order valence-corrected chi connectivity index (χ3v) is 3.95. The van der Waals surface area contributed by atoms with Gasteiger partial charge in [0.1, 0.15) is 0 Å². The van der Waals surface area contributed by atoms with Gasteiger partial charge < -0.3 is 5.32 Å². The Hall–Kier alpha value is -0.530.